The van der Waals surface area contributed by atoms with E-state index in [4.69, 9.17) is 17.3 Å². The molecule has 0 spiro atoms. The molecular formula is C15H15ClN2O. The molecular weight excluding hydrogens is 260 g/mol. The van der Waals surface area contributed by atoms with Crippen molar-refractivity contribution in [3.63, 3.8) is 0 Å². The van der Waals surface area contributed by atoms with Crippen LogP contribution in [-0.4, -0.2) is 5.91 Å². The minimum Gasteiger partial charge on any atom is -0.398 e. The maximum Gasteiger partial charge on any atom is 0.258 e. The summed E-state index contributed by atoms with van der Waals surface area (Å²) in [6.45, 7) is 3.76. The number of hydrogen-bond donors (Lipinski definition) is 2. The van der Waals surface area contributed by atoms with Gasteiger partial charge in [0.25, 0.3) is 5.91 Å². The Morgan fingerprint density at radius 3 is 2.53 bits per heavy atom. The molecule has 2 aromatic carbocycles. The fraction of sp³-hybridized carbons (Fsp3) is 0.133. The van der Waals surface area contributed by atoms with Crippen LogP contribution in [0, 0.1) is 13.8 Å². The number of anilines is 2. The van der Waals surface area contributed by atoms with Gasteiger partial charge in [0.2, 0.25) is 0 Å². The normalized spacial score (nSPS) is 10.3. The number of carbonyl (C=O) groups excluding carboxylic acids is 1. The topological polar surface area (TPSA) is 55.1 Å². The Kier molecular flexibility index (Phi) is 3.76. The predicted octanol–water partition coefficient (Wildman–Crippen LogP) is 3.79. The third kappa shape index (κ3) is 2.88. The van der Waals surface area contributed by atoms with Gasteiger partial charge in [0, 0.05) is 16.4 Å². The summed E-state index contributed by atoms with van der Waals surface area (Å²) in [6.07, 6.45) is 0. The zero-order valence-electron chi connectivity index (χ0n) is 10.8. The average Bonchev–Trinajstić information content (AvgIpc) is 2.33. The first-order valence-electron chi connectivity index (χ1n) is 5.91. The Morgan fingerprint density at radius 1 is 1.16 bits per heavy atom. The molecule has 0 unspecified atom stereocenters. The third-order valence-corrected chi connectivity index (χ3v) is 3.37. The molecule has 0 radical (unpaired) electrons. The van der Waals surface area contributed by atoms with Crippen molar-refractivity contribution in [1.82, 2.24) is 0 Å². The van der Waals surface area contributed by atoms with Gasteiger partial charge >= 0.3 is 0 Å². The molecule has 0 aromatic heterocycles. The number of halogens is 1. The van der Waals surface area contributed by atoms with Crippen LogP contribution in [0.25, 0.3) is 0 Å². The Balaban J connectivity index is 2.28. The van der Waals surface area contributed by atoms with Gasteiger partial charge in [0.1, 0.15) is 0 Å². The summed E-state index contributed by atoms with van der Waals surface area (Å²) in [5.74, 6) is -0.226. The minimum absolute atomic E-state index is 0.226. The number of amides is 1. The average molecular weight is 275 g/mol. The number of hydrogen-bond acceptors (Lipinski definition) is 2. The largest absolute Gasteiger partial charge is 0.398 e. The molecule has 0 heterocycles. The van der Waals surface area contributed by atoms with Gasteiger partial charge in [-0.2, -0.15) is 0 Å². The lowest BCUT2D eigenvalue weighted by molar-refractivity contribution is 0.102. The highest BCUT2D eigenvalue weighted by molar-refractivity contribution is 6.31. The maximum atomic E-state index is 12.2. The second-order valence-corrected chi connectivity index (χ2v) is 4.86. The summed E-state index contributed by atoms with van der Waals surface area (Å²) < 4.78 is 0. The molecule has 3 N–H and O–H groups in total. The van der Waals surface area contributed by atoms with E-state index >= 15 is 0 Å². The van der Waals surface area contributed by atoms with Crippen LogP contribution in [0.4, 0.5) is 11.4 Å². The Bertz CT molecular complexity index is 618. The van der Waals surface area contributed by atoms with E-state index in [1.165, 1.54) is 0 Å². The van der Waals surface area contributed by atoms with Gasteiger partial charge in [-0.15, -0.1) is 0 Å². The van der Waals surface area contributed by atoms with E-state index in [1.54, 1.807) is 12.1 Å². The Labute approximate surface area is 117 Å². The van der Waals surface area contributed by atoms with Crippen molar-refractivity contribution in [2.45, 2.75) is 13.8 Å². The molecule has 0 aliphatic heterocycles. The molecule has 0 bridgehead atoms. The highest BCUT2D eigenvalue weighted by atomic mass is 35.5. The molecule has 0 saturated carbocycles. The monoisotopic (exact) mass is 274 g/mol. The number of nitrogens with one attached hydrogen (secondary N) is 1. The first-order chi connectivity index (χ1) is 8.99. The molecule has 3 nitrogen and oxygen atoms in total. The lowest BCUT2D eigenvalue weighted by atomic mass is 10.1. The first-order valence-corrected chi connectivity index (χ1v) is 6.29. The molecule has 2 rings (SSSR count). The Hall–Kier alpha value is -2.00. The quantitative estimate of drug-likeness (QED) is 0.819. The van der Waals surface area contributed by atoms with Gasteiger partial charge in [-0.3, -0.25) is 4.79 Å². The summed E-state index contributed by atoms with van der Waals surface area (Å²) in [7, 11) is 0. The van der Waals surface area contributed by atoms with Crippen molar-refractivity contribution in [2.24, 2.45) is 0 Å². The molecule has 19 heavy (non-hydrogen) atoms. The smallest absolute Gasteiger partial charge is 0.258 e. The summed E-state index contributed by atoms with van der Waals surface area (Å²) in [4.78, 5) is 12.2. The van der Waals surface area contributed by atoms with Gasteiger partial charge in [-0.05, 0) is 43.2 Å². The van der Waals surface area contributed by atoms with Crippen LogP contribution in [0.5, 0.6) is 0 Å². The molecule has 1 amide bonds. The maximum absolute atomic E-state index is 12.2. The molecule has 4 heteroatoms. The molecule has 98 valence electrons. The van der Waals surface area contributed by atoms with E-state index in [0.717, 1.165) is 11.1 Å². The van der Waals surface area contributed by atoms with E-state index < -0.39 is 0 Å². The van der Waals surface area contributed by atoms with E-state index in [0.29, 0.717) is 22.0 Å². The van der Waals surface area contributed by atoms with Crippen molar-refractivity contribution < 1.29 is 4.79 Å². The fourth-order valence-corrected chi connectivity index (χ4v) is 2.05. The Morgan fingerprint density at radius 2 is 1.89 bits per heavy atom. The van der Waals surface area contributed by atoms with E-state index in [-0.39, 0.29) is 5.91 Å². The van der Waals surface area contributed by atoms with Crippen LogP contribution in [0.3, 0.4) is 0 Å². The van der Waals surface area contributed by atoms with Gasteiger partial charge < -0.3 is 11.1 Å². The molecule has 0 fully saturated rings. The summed E-state index contributed by atoms with van der Waals surface area (Å²) in [5.41, 5.74) is 9.28. The zero-order chi connectivity index (χ0) is 14.0. The van der Waals surface area contributed by atoms with Crippen molar-refractivity contribution in [3.8, 4) is 0 Å². The summed E-state index contributed by atoms with van der Waals surface area (Å²) in [6, 6.07) is 10.8. The number of aryl methyl sites for hydroxylation is 2. The molecule has 0 aliphatic rings. The summed E-state index contributed by atoms with van der Waals surface area (Å²) in [5, 5.41) is 3.43. The number of rotatable bonds is 2. The predicted molar refractivity (Wildman–Crippen MR) is 79.7 cm³/mol. The molecule has 0 aliphatic carbocycles. The van der Waals surface area contributed by atoms with Crippen molar-refractivity contribution in [1.29, 1.82) is 0 Å². The zero-order valence-corrected chi connectivity index (χ0v) is 11.6. The van der Waals surface area contributed by atoms with Gasteiger partial charge in [0.05, 0.1) is 5.56 Å². The van der Waals surface area contributed by atoms with Gasteiger partial charge in [0.15, 0.2) is 0 Å². The van der Waals surface area contributed by atoms with Crippen LogP contribution in [0.15, 0.2) is 36.4 Å². The van der Waals surface area contributed by atoms with E-state index in [1.807, 2.05) is 38.1 Å². The fourth-order valence-electron chi connectivity index (χ4n) is 1.86. The second-order valence-electron chi connectivity index (χ2n) is 4.46. The van der Waals surface area contributed by atoms with E-state index in [9.17, 15) is 4.79 Å². The third-order valence-electron chi connectivity index (χ3n) is 2.96. The standard InChI is InChI=1S/C15H15ClN2O/c1-9-6-7-11(8-12(9)16)18-15(19)14-10(2)4-3-5-13(14)17/h3-8H,17H2,1-2H3,(H,18,19). The minimum atomic E-state index is -0.226. The highest BCUT2D eigenvalue weighted by Gasteiger charge is 2.12. The number of nitrogen functional groups attached to an aromatic ring is 1. The lowest BCUT2D eigenvalue weighted by Crippen LogP contribution is -2.15. The van der Waals surface area contributed by atoms with Crippen LogP contribution in [0.1, 0.15) is 21.5 Å². The summed E-state index contributed by atoms with van der Waals surface area (Å²) >= 11 is 6.03. The second kappa shape index (κ2) is 5.33. The first kappa shape index (κ1) is 13.4. The van der Waals surface area contributed by atoms with Crippen LogP contribution >= 0.6 is 11.6 Å². The lowest BCUT2D eigenvalue weighted by Gasteiger charge is -2.10. The number of carbonyl (C=O) groups is 1. The SMILES string of the molecule is Cc1ccc(NC(=O)c2c(C)cccc2N)cc1Cl. The van der Waals surface area contributed by atoms with Crippen LogP contribution < -0.4 is 11.1 Å². The highest BCUT2D eigenvalue weighted by Crippen LogP contribution is 2.22. The van der Waals surface area contributed by atoms with Crippen molar-refractivity contribution in [3.05, 3.63) is 58.1 Å². The van der Waals surface area contributed by atoms with Crippen molar-refractivity contribution in [2.75, 3.05) is 11.1 Å². The van der Waals surface area contributed by atoms with Crippen molar-refractivity contribution >= 4 is 28.9 Å². The van der Waals surface area contributed by atoms with E-state index in [2.05, 4.69) is 5.32 Å². The molecule has 2 aromatic rings. The van der Waals surface area contributed by atoms with Gasteiger partial charge in [-0.1, -0.05) is 29.8 Å². The van der Waals surface area contributed by atoms with Crippen LogP contribution in [0.2, 0.25) is 5.02 Å². The number of nitrogens with two attached hydrogens (primary N) is 1. The molecule has 0 atom stereocenters. The molecule has 0 saturated heterocycles. The van der Waals surface area contributed by atoms with Gasteiger partial charge in [-0.25, -0.2) is 0 Å². The van der Waals surface area contributed by atoms with Crippen LogP contribution in [-0.2, 0) is 0 Å². The number of benzene rings is 2.